The number of amides is 2. The van der Waals surface area contributed by atoms with Crippen LogP contribution >= 0.6 is 11.6 Å². The first kappa shape index (κ1) is 17.8. The highest BCUT2D eigenvalue weighted by Crippen LogP contribution is 2.23. The van der Waals surface area contributed by atoms with Crippen molar-refractivity contribution in [3.8, 4) is 0 Å². The highest BCUT2D eigenvalue weighted by Gasteiger charge is 2.28. The van der Waals surface area contributed by atoms with E-state index < -0.39 is 0 Å². The Kier molecular flexibility index (Phi) is 6.42. The first-order valence-electron chi connectivity index (χ1n) is 8.03. The maximum atomic E-state index is 12.7. The second kappa shape index (κ2) is 8.31. The lowest BCUT2D eigenvalue weighted by Gasteiger charge is -2.36. The molecule has 0 spiro atoms. The van der Waals surface area contributed by atoms with Gasteiger partial charge in [0.05, 0.1) is 12.5 Å². The summed E-state index contributed by atoms with van der Waals surface area (Å²) in [7, 11) is 0. The standard InChI is InChI=1S/C17H24ClN3O2/c1-12(22)20-16(13-5-7-14(18)8-6-13)10-17(23)21-9-3-2-4-15(21)11-19/h5-8,15-16H,2-4,9-11,19H2,1H3,(H,20,22). The molecular formula is C17H24ClN3O2. The Balaban J connectivity index is 2.11. The van der Waals surface area contributed by atoms with Crippen LogP contribution in [0.5, 0.6) is 0 Å². The Labute approximate surface area is 142 Å². The van der Waals surface area contributed by atoms with Gasteiger partial charge in [-0.15, -0.1) is 0 Å². The molecule has 126 valence electrons. The normalized spacial score (nSPS) is 19.3. The Morgan fingerprint density at radius 2 is 2.04 bits per heavy atom. The number of nitrogens with two attached hydrogens (primary N) is 1. The van der Waals surface area contributed by atoms with E-state index in [0.717, 1.165) is 31.4 Å². The molecule has 1 aliphatic rings. The molecule has 3 N–H and O–H groups in total. The maximum absolute atomic E-state index is 12.7. The smallest absolute Gasteiger partial charge is 0.225 e. The molecule has 1 aromatic carbocycles. The van der Waals surface area contributed by atoms with Crippen molar-refractivity contribution in [2.24, 2.45) is 5.73 Å². The number of hydrogen-bond acceptors (Lipinski definition) is 3. The molecule has 1 aliphatic heterocycles. The van der Waals surface area contributed by atoms with Crippen molar-refractivity contribution in [1.82, 2.24) is 10.2 Å². The molecular weight excluding hydrogens is 314 g/mol. The summed E-state index contributed by atoms with van der Waals surface area (Å²) in [5, 5.41) is 3.48. The van der Waals surface area contributed by atoms with Crippen LogP contribution in [-0.4, -0.2) is 35.8 Å². The van der Waals surface area contributed by atoms with Crippen LogP contribution in [0, 0.1) is 0 Å². The number of carbonyl (C=O) groups excluding carboxylic acids is 2. The average Bonchev–Trinajstić information content (AvgIpc) is 2.54. The van der Waals surface area contributed by atoms with Gasteiger partial charge in [-0.2, -0.15) is 0 Å². The Morgan fingerprint density at radius 3 is 2.65 bits per heavy atom. The minimum absolute atomic E-state index is 0.0360. The number of rotatable bonds is 5. The summed E-state index contributed by atoms with van der Waals surface area (Å²) in [5.41, 5.74) is 6.67. The minimum atomic E-state index is -0.349. The monoisotopic (exact) mass is 337 g/mol. The second-order valence-electron chi connectivity index (χ2n) is 5.98. The minimum Gasteiger partial charge on any atom is -0.349 e. The van der Waals surface area contributed by atoms with Crippen molar-refractivity contribution in [2.75, 3.05) is 13.1 Å². The summed E-state index contributed by atoms with van der Waals surface area (Å²) >= 11 is 5.91. The summed E-state index contributed by atoms with van der Waals surface area (Å²) in [6.45, 7) is 2.68. The van der Waals surface area contributed by atoms with Crippen molar-refractivity contribution in [2.45, 2.75) is 44.7 Å². The van der Waals surface area contributed by atoms with E-state index in [2.05, 4.69) is 5.32 Å². The molecule has 5 nitrogen and oxygen atoms in total. The van der Waals surface area contributed by atoms with Gasteiger partial charge in [0.2, 0.25) is 11.8 Å². The first-order valence-corrected chi connectivity index (χ1v) is 8.41. The van der Waals surface area contributed by atoms with Gasteiger partial charge in [0, 0.05) is 31.1 Å². The molecule has 2 rings (SSSR count). The molecule has 1 heterocycles. The van der Waals surface area contributed by atoms with E-state index in [1.165, 1.54) is 6.92 Å². The third-order valence-electron chi connectivity index (χ3n) is 4.25. The molecule has 0 aromatic heterocycles. The SMILES string of the molecule is CC(=O)NC(CC(=O)N1CCCCC1CN)c1ccc(Cl)cc1. The van der Waals surface area contributed by atoms with Crippen LogP contribution in [0.15, 0.2) is 24.3 Å². The molecule has 2 unspecified atom stereocenters. The van der Waals surface area contributed by atoms with E-state index in [1.54, 1.807) is 12.1 Å². The molecule has 0 saturated carbocycles. The summed E-state index contributed by atoms with van der Waals surface area (Å²) in [4.78, 5) is 26.1. The molecule has 2 atom stereocenters. The van der Waals surface area contributed by atoms with Crippen LogP contribution < -0.4 is 11.1 Å². The van der Waals surface area contributed by atoms with Crippen molar-refractivity contribution in [1.29, 1.82) is 0 Å². The number of hydrogen-bond donors (Lipinski definition) is 2. The Hall–Kier alpha value is -1.59. The lowest BCUT2D eigenvalue weighted by atomic mass is 9.98. The van der Waals surface area contributed by atoms with Crippen molar-refractivity contribution >= 4 is 23.4 Å². The zero-order chi connectivity index (χ0) is 16.8. The fourth-order valence-corrected chi connectivity index (χ4v) is 3.18. The Morgan fingerprint density at radius 1 is 1.35 bits per heavy atom. The first-order chi connectivity index (χ1) is 11.0. The van der Waals surface area contributed by atoms with Gasteiger partial charge in [-0.25, -0.2) is 0 Å². The zero-order valence-corrected chi connectivity index (χ0v) is 14.2. The zero-order valence-electron chi connectivity index (χ0n) is 13.4. The van der Waals surface area contributed by atoms with Crippen LogP contribution in [0.3, 0.4) is 0 Å². The molecule has 1 fully saturated rings. The van der Waals surface area contributed by atoms with Gasteiger partial charge in [-0.1, -0.05) is 23.7 Å². The maximum Gasteiger partial charge on any atom is 0.225 e. The van der Waals surface area contributed by atoms with E-state index in [-0.39, 0.29) is 30.3 Å². The molecule has 0 aliphatic carbocycles. The molecule has 23 heavy (non-hydrogen) atoms. The predicted molar refractivity (Wildman–Crippen MR) is 91.0 cm³/mol. The van der Waals surface area contributed by atoms with E-state index in [4.69, 9.17) is 17.3 Å². The number of carbonyl (C=O) groups is 2. The van der Waals surface area contributed by atoms with Gasteiger partial charge in [0.1, 0.15) is 0 Å². The van der Waals surface area contributed by atoms with Gasteiger partial charge in [-0.3, -0.25) is 9.59 Å². The Bertz CT molecular complexity index is 547. The second-order valence-corrected chi connectivity index (χ2v) is 6.42. The number of nitrogens with one attached hydrogen (secondary N) is 1. The van der Waals surface area contributed by atoms with Crippen molar-refractivity contribution in [3.63, 3.8) is 0 Å². The summed E-state index contributed by atoms with van der Waals surface area (Å²) in [6.07, 6.45) is 3.30. The largest absolute Gasteiger partial charge is 0.349 e. The third-order valence-corrected chi connectivity index (χ3v) is 4.50. The van der Waals surface area contributed by atoms with Gasteiger partial charge >= 0.3 is 0 Å². The van der Waals surface area contributed by atoms with E-state index in [9.17, 15) is 9.59 Å². The topological polar surface area (TPSA) is 75.4 Å². The third kappa shape index (κ3) is 4.94. The highest BCUT2D eigenvalue weighted by atomic mass is 35.5. The van der Waals surface area contributed by atoms with Crippen LogP contribution in [0.2, 0.25) is 5.02 Å². The molecule has 6 heteroatoms. The fraction of sp³-hybridized carbons (Fsp3) is 0.529. The van der Waals surface area contributed by atoms with Crippen molar-refractivity contribution in [3.05, 3.63) is 34.9 Å². The molecule has 2 amide bonds. The van der Waals surface area contributed by atoms with Gasteiger partial charge < -0.3 is 16.0 Å². The van der Waals surface area contributed by atoms with E-state index in [0.29, 0.717) is 11.6 Å². The van der Waals surface area contributed by atoms with E-state index >= 15 is 0 Å². The summed E-state index contributed by atoms with van der Waals surface area (Å²) in [5.74, 6) is -0.124. The van der Waals surface area contributed by atoms with Crippen LogP contribution in [0.1, 0.15) is 44.2 Å². The number of benzene rings is 1. The highest BCUT2D eigenvalue weighted by molar-refractivity contribution is 6.30. The summed E-state index contributed by atoms with van der Waals surface area (Å²) < 4.78 is 0. The number of nitrogens with zero attached hydrogens (tertiary/aromatic N) is 1. The predicted octanol–water partition coefficient (Wildman–Crippen LogP) is 2.25. The number of halogens is 1. The quantitative estimate of drug-likeness (QED) is 0.865. The van der Waals surface area contributed by atoms with Gasteiger partial charge in [-0.05, 0) is 37.0 Å². The fourth-order valence-electron chi connectivity index (χ4n) is 3.06. The van der Waals surface area contributed by atoms with Crippen molar-refractivity contribution < 1.29 is 9.59 Å². The molecule has 0 radical (unpaired) electrons. The molecule has 0 bridgehead atoms. The van der Waals surface area contributed by atoms with Crippen LogP contribution in [-0.2, 0) is 9.59 Å². The lowest BCUT2D eigenvalue weighted by molar-refractivity contribution is -0.135. The lowest BCUT2D eigenvalue weighted by Crippen LogP contribution is -2.48. The number of likely N-dealkylation sites (tertiary alicyclic amines) is 1. The average molecular weight is 338 g/mol. The van der Waals surface area contributed by atoms with Gasteiger partial charge in [0.15, 0.2) is 0 Å². The number of piperidine rings is 1. The van der Waals surface area contributed by atoms with Crippen LogP contribution in [0.25, 0.3) is 0 Å². The summed E-state index contributed by atoms with van der Waals surface area (Å²) in [6, 6.07) is 6.97. The van der Waals surface area contributed by atoms with E-state index in [1.807, 2.05) is 17.0 Å². The molecule has 1 aromatic rings. The van der Waals surface area contributed by atoms with Crippen LogP contribution in [0.4, 0.5) is 0 Å². The molecule has 1 saturated heterocycles. The van der Waals surface area contributed by atoms with Gasteiger partial charge in [0.25, 0.3) is 0 Å².